The summed E-state index contributed by atoms with van der Waals surface area (Å²) in [7, 11) is 0. The standard InChI is InChI=1S/C54H76F2N10O12S/c1-31(2)45(63-42(68)18-11-8-14-23-66-43(69)26-41(51(66)74)79-30-38(58)52(75)76)50(73)60-32(3)48(71)62-39(53(77)78)17-12-13-22-59-49(72)37(57)21-24-65(44(70)29-67)46(54(4,5)6)47-61-40(35-25-34(55)19-20-36(35)56)28-64(47)27-33-15-9-7-10-16-33/h7,9-10,15-16,19-20,25,28,31-32,37-39,41,45-46,67H,8,11-14,17-18,21-24,26-27,29-30,57-58H2,1-6H3,(H,59,72)(H,60,73)(H,62,71)(H,63,68)(H,75,76)(H,77,78)/t32-,37-,38-,39-,41?,45?,46-/m0/s1. The van der Waals surface area contributed by atoms with Gasteiger partial charge in [-0.3, -0.25) is 43.3 Å². The number of rotatable bonds is 32. The fraction of sp³-hybridized carbons (Fsp3) is 0.556. The lowest BCUT2D eigenvalue weighted by atomic mass is 9.84. The average Bonchev–Trinajstić information content (AvgIpc) is 3.95. The number of nitrogens with one attached hydrogen (secondary N) is 4. The Labute approximate surface area is 462 Å². The van der Waals surface area contributed by atoms with Crippen LogP contribution in [0.5, 0.6) is 0 Å². The molecule has 0 saturated carbocycles. The van der Waals surface area contributed by atoms with Gasteiger partial charge < -0.3 is 57.5 Å². The summed E-state index contributed by atoms with van der Waals surface area (Å²) >= 11 is 1.03. The van der Waals surface area contributed by atoms with Gasteiger partial charge >= 0.3 is 11.9 Å². The smallest absolute Gasteiger partial charge is 0.326 e. The number of hydrogen-bond acceptors (Lipinski definition) is 14. The third-order valence-corrected chi connectivity index (χ3v) is 14.5. The fourth-order valence-electron chi connectivity index (χ4n) is 8.83. The van der Waals surface area contributed by atoms with Gasteiger partial charge in [0.2, 0.25) is 41.4 Å². The molecule has 2 unspecified atom stereocenters. The summed E-state index contributed by atoms with van der Waals surface area (Å²) in [4.78, 5) is 122. The van der Waals surface area contributed by atoms with Crippen molar-refractivity contribution in [3.05, 3.63) is 77.8 Å². The Morgan fingerprint density at radius 1 is 0.848 bits per heavy atom. The molecule has 4 rings (SSSR count). The molecule has 0 aliphatic carbocycles. The number of carbonyl (C=O) groups is 9. The van der Waals surface area contributed by atoms with Crippen LogP contribution in [0.1, 0.15) is 117 Å². The minimum Gasteiger partial charge on any atom is -0.480 e. The SMILES string of the molecule is CC(C)C(NC(=O)CCCCCN1C(=O)CC(SC[C@H](N)C(=O)O)C1=O)C(=O)N[C@@H](C)C(=O)N[C@@H](CCCCNC(=O)[C@@H](N)CCN(C(=O)CO)[C@@H](c1nc(-c2cc(F)ccc2F)cn1Cc1ccccc1)C(C)(C)C)C(=O)O. The molecule has 1 fully saturated rings. The summed E-state index contributed by atoms with van der Waals surface area (Å²) in [6.45, 7) is 9.78. The second-order valence-electron chi connectivity index (χ2n) is 21.0. The van der Waals surface area contributed by atoms with Gasteiger partial charge in [0.1, 0.15) is 48.2 Å². The maximum Gasteiger partial charge on any atom is 0.326 e. The van der Waals surface area contributed by atoms with Crippen LogP contribution >= 0.6 is 11.8 Å². The number of benzene rings is 2. The zero-order valence-electron chi connectivity index (χ0n) is 45.5. The number of imide groups is 1. The summed E-state index contributed by atoms with van der Waals surface area (Å²) < 4.78 is 31.3. The van der Waals surface area contributed by atoms with Crippen LogP contribution < -0.4 is 32.7 Å². The number of carboxylic acids is 2. The molecule has 7 atom stereocenters. The molecule has 1 aliphatic heterocycles. The number of halogens is 2. The first-order valence-corrected chi connectivity index (χ1v) is 27.4. The number of imidazole rings is 1. The van der Waals surface area contributed by atoms with Crippen LogP contribution in [0.15, 0.2) is 54.7 Å². The number of unbranched alkanes of at least 4 members (excludes halogenated alkanes) is 3. The van der Waals surface area contributed by atoms with Crippen LogP contribution in [0.3, 0.4) is 0 Å². The van der Waals surface area contributed by atoms with E-state index in [0.29, 0.717) is 25.1 Å². The van der Waals surface area contributed by atoms with E-state index in [0.717, 1.165) is 40.4 Å². The number of likely N-dealkylation sites (tertiary alicyclic amines) is 1. The minimum absolute atomic E-state index is 0.0189. The van der Waals surface area contributed by atoms with E-state index in [9.17, 15) is 57.8 Å². The van der Waals surface area contributed by atoms with Crippen molar-refractivity contribution in [3.63, 3.8) is 0 Å². The van der Waals surface area contributed by atoms with Gasteiger partial charge in [-0.05, 0) is 80.5 Å². The van der Waals surface area contributed by atoms with E-state index in [-0.39, 0.29) is 87.6 Å². The van der Waals surface area contributed by atoms with Gasteiger partial charge in [0.25, 0.3) is 0 Å². The summed E-state index contributed by atoms with van der Waals surface area (Å²) in [5.41, 5.74) is 12.0. The quantitative estimate of drug-likeness (QED) is 0.0321. The topological polar surface area (TPSA) is 339 Å². The van der Waals surface area contributed by atoms with Crippen LogP contribution in [0.4, 0.5) is 8.78 Å². The van der Waals surface area contributed by atoms with E-state index < -0.39 is 118 Å². The van der Waals surface area contributed by atoms with Crippen LogP contribution in [0, 0.1) is 23.0 Å². The molecule has 7 amide bonds. The second kappa shape index (κ2) is 30.5. The van der Waals surface area contributed by atoms with E-state index in [2.05, 4.69) is 21.3 Å². The molecule has 22 nitrogen and oxygen atoms in total. The van der Waals surface area contributed by atoms with Gasteiger partial charge in [0.15, 0.2) is 0 Å². The number of aromatic nitrogens is 2. The molecule has 2 aromatic carbocycles. The maximum atomic E-state index is 15.1. The lowest BCUT2D eigenvalue weighted by molar-refractivity contribution is -0.142. The fourth-order valence-corrected chi connectivity index (χ4v) is 9.94. The number of amides is 7. The highest BCUT2D eigenvalue weighted by molar-refractivity contribution is 8.00. The lowest BCUT2D eigenvalue weighted by Gasteiger charge is -2.40. The lowest BCUT2D eigenvalue weighted by Crippen LogP contribution is -2.56. The highest BCUT2D eigenvalue weighted by Gasteiger charge is 2.40. The Morgan fingerprint density at radius 3 is 2.18 bits per heavy atom. The van der Waals surface area contributed by atoms with Gasteiger partial charge in [-0.25, -0.2) is 18.6 Å². The van der Waals surface area contributed by atoms with E-state index in [1.165, 1.54) is 11.8 Å². The third-order valence-electron chi connectivity index (χ3n) is 13.2. The first-order valence-electron chi connectivity index (χ1n) is 26.3. The van der Waals surface area contributed by atoms with Crippen molar-refractivity contribution < 1.29 is 67.3 Å². The number of aliphatic carboxylic acids is 2. The van der Waals surface area contributed by atoms with Crippen LogP contribution in [-0.2, 0) is 49.7 Å². The molecule has 3 aromatic rings. The zero-order chi connectivity index (χ0) is 58.7. The summed E-state index contributed by atoms with van der Waals surface area (Å²) in [6.07, 6.45) is 3.25. The molecule has 1 aromatic heterocycles. The zero-order valence-corrected chi connectivity index (χ0v) is 46.4. The Balaban J connectivity index is 1.24. The van der Waals surface area contributed by atoms with E-state index in [1.54, 1.807) is 24.6 Å². The summed E-state index contributed by atoms with van der Waals surface area (Å²) in [5, 5.41) is 38.7. The molecule has 25 heteroatoms. The Morgan fingerprint density at radius 2 is 1.54 bits per heavy atom. The first kappa shape index (κ1) is 64.7. The Hall–Kier alpha value is -6.83. The van der Waals surface area contributed by atoms with E-state index in [4.69, 9.17) is 21.6 Å². The minimum atomic E-state index is -1.35. The summed E-state index contributed by atoms with van der Waals surface area (Å²) in [6, 6.07) is 5.57. The number of nitrogens with two attached hydrogens (primary N) is 2. The number of hydrogen-bond donors (Lipinski definition) is 9. The highest BCUT2D eigenvalue weighted by Crippen LogP contribution is 2.40. The predicted molar refractivity (Wildman–Crippen MR) is 289 cm³/mol. The molecule has 1 saturated heterocycles. The maximum absolute atomic E-state index is 15.1. The number of carboxylic acid groups (broad SMARTS) is 2. The number of aliphatic hydroxyl groups is 1. The molecule has 79 heavy (non-hydrogen) atoms. The van der Waals surface area contributed by atoms with Gasteiger partial charge in [-0.15, -0.1) is 11.8 Å². The molecule has 0 radical (unpaired) electrons. The molecule has 0 bridgehead atoms. The monoisotopic (exact) mass is 1130 g/mol. The number of nitrogens with zero attached hydrogens (tertiary/aromatic N) is 4. The van der Waals surface area contributed by atoms with Gasteiger partial charge in [-0.1, -0.05) is 71.4 Å². The Kier molecular flexibility index (Phi) is 25.0. The number of carbonyl (C=O) groups excluding carboxylic acids is 7. The normalized spacial score (nSPS) is 15.9. The van der Waals surface area contributed by atoms with E-state index in [1.807, 2.05) is 51.1 Å². The van der Waals surface area contributed by atoms with Crippen molar-refractivity contribution in [2.24, 2.45) is 22.8 Å². The highest BCUT2D eigenvalue weighted by atomic mass is 32.2. The number of thioether (sulfide) groups is 1. The molecular formula is C54H76F2N10O12S. The molecular weight excluding hydrogens is 1050 g/mol. The largest absolute Gasteiger partial charge is 0.480 e. The van der Waals surface area contributed by atoms with Crippen molar-refractivity contribution in [2.75, 3.05) is 32.0 Å². The van der Waals surface area contributed by atoms with Crippen molar-refractivity contribution in [3.8, 4) is 11.3 Å². The van der Waals surface area contributed by atoms with Crippen LogP contribution in [-0.4, -0.2) is 155 Å². The molecule has 2 heterocycles. The third kappa shape index (κ3) is 19.5. The van der Waals surface area contributed by atoms with Crippen LogP contribution in [0.2, 0.25) is 0 Å². The predicted octanol–water partition coefficient (Wildman–Crippen LogP) is 2.84. The average molecular weight is 1130 g/mol. The summed E-state index contributed by atoms with van der Waals surface area (Å²) in [5.74, 6) is -7.96. The van der Waals surface area contributed by atoms with Crippen molar-refractivity contribution >= 4 is 65.1 Å². The second-order valence-corrected chi connectivity index (χ2v) is 22.2. The molecule has 11 N–H and O–H groups in total. The van der Waals surface area contributed by atoms with Gasteiger partial charge in [-0.2, -0.15) is 0 Å². The Bertz CT molecular complexity index is 2620. The van der Waals surface area contributed by atoms with Gasteiger partial charge in [0, 0.05) is 56.5 Å². The van der Waals surface area contributed by atoms with Crippen molar-refractivity contribution in [1.82, 2.24) is 40.6 Å². The molecule has 0 spiro atoms. The van der Waals surface area contributed by atoms with Crippen LogP contribution in [0.25, 0.3) is 11.3 Å². The van der Waals surface area contributed by atoms with E-state index >= 15 is 4.39 Å². The van der Waals surface area contributed by atoms with Gasteiger partial charge in [0.05, 0.1) is 23.0 Å². The van der Waals surface area contributed by atoms with Crippen molar-refractivity contribution in [2.45, 2.75) is 147 Å². The molecule has 1 aliphatic rings. The number of aliphatic hydroxyl groups excluding tert-OH is 1. The first-order chi connectivity index (χ1) is 37.2. The molecule has 434 valence electrons. The van der Waals surface area contributed by atoms with Crippen molar-refractivity contribution in [1.29, 1.82) is 0 Å².